The summed E-state index contributed by atoms with van der Waals surface area (Å²) in [6.07, 6.45) is 1.57. The number of carbonyl (C=O) groups excluding carboxylic acids is 2. The lowest BCUT2D eigenvalue weighted by atomic mass is 10.1. The second kappa shape index (κ2) is 7.23. The van der Waals surface area contributed by atoms with Gasteiger partial charge in [0.2, 0.25) is 0 Å². The van der Waals surface area contributed by atoms with Gasteiger partial charge in [0.05, 0.1) is 38.4 Å². The summed E-state index contributed by atoms with van der Waals surface area (Å²) < 4.78 is 20.6. The van der Waals surface area contributed by atoms with Crippen LogP contribution in [0.3, 0.4) is 0 Å². The highest BCUT2D eigenvalue weighted by molar-refractivity contribution is 6.04. The Kier molecular flexibility index (Phi) is 4.85. The molecule has 0 radical (unpaired) electrons. The number of rotatable bonds is 4. The summed E-state index contributed by atoms with van der Waals surface area (Å²) in [4.78, 5) is 26.0. The molecule has 0 spiro atoms. The molecule has 3 rings (SSSR count). The van der Waals surface area contributed by atoms with Crippen LogP contribution in [0.25, 0.3) is 11.3 Å². The van der Waals surface area contributed by atoms with Crippen LogP contribution in [0, 0.1) is 0 Å². The van der Waals surface area contributed by atoms with Gasteiger partial charge >= 0.3 is 11.9 Å². The van der Waals surface area contributed by atoms with Crippen LogP contribution < -0.4 is 4.90 Å². The van der Waals surface area contributed by atoms with Crippen LogP contribution in [-0.2, 0) is 23.8 Å². The third-order valence-electron chi connectivity index (χ3n) is 3.81. The molecule has 0 saturated carbocycles. The van der Waals surface area contributed by atoms with E-state index < -0.39 is 11.9 Å². The van der Waals surface area contributed by atoms with Crippen LogP contribution in [0.5, 0.6) is 0 Å². The molecule has 0 aliphatic carbocycles. The van der Waals surface area contributed by atoms with Gasteiger partial charge in [0.25, 0.3) is 0 Å². The Morgan fingerprint density at radius 1 is 1.04 bits per heavy atom. The minimum atomic E-state index is -0.641. The molecule has 1 aliphatic rings. The molecule has 1 aromatic heterocycles. The maximum atomic E-state index is 12.4. The number of anilines is 1. The summed E-state index contributed by atoms with van der Waals surface area (Å²) in [5, 5.41) is 0. The molecule has 1 aliphatic heterocycles. The van der Waals surface area contributed by atoms with Crippen LogP contribution in [0.15, 0.2) is 58.3 Å². The Labute approximate surface area is 144 Å². The Balaban J connectivity index is 2.16. The second-order valence-corrected chi connectivity index (χ2v) is 5.21. The summed E-state index contributed by atoms with van der Waals surface area (Å²) in [5.74, 6) is -0.650. The lowest BCUT2D eigenvalue weighted by Crippen LogP contribution is -2.39. The fraction of sp³-hybridized carbons (Fsp3) is 0.222. The highest BCUT2D eigenvalue weighted by Crippen LogP contribution is 2.35. The van der Waals surface area contributed by atoms with Crippen molar-refractivity contribution in [3.8, 4) is 11.3 Å². The maximum absolute atomic E-state index is 12.4. The maximum Gasteiger partial charge on any atom is 0.355 e. The number of furan rings is 1. The van der Waals surface area contributed by atoms with Gasteiger partial charge in [-0.1, -0.05) is 12.1 Å². The Hall–Kier alpha value is -3.06. The number of hydrogen-bond acceptors (Lipinski definition) is 7. The number of para-hydroxylation sites is 1. The van der Waals surface area contributed by atoms with Crippen molar-refractivity contribution in [2.45, 2.75) is 0 Å². The largest absolute Gasteiger partial charge is 0.466 e. The first-order chi connectivity index (χ1) is 12.2. The van der Waals surface area contributed by atoms with E-state index >= 15 is 0 Å². The number of nitrogens with zero attached hydrogens (tertiary/aromatic N) is 1. The summed E-state index contributed by atoms with van der Waals surface area (Å²) in [6, 6.07) is 10.9. The van der Waals surface area contributed by atoms with Crippen LogP contribution >= 0.6 is 0 Å². The van der Waals surface area contributed by atoms with Crippen LogP contribution in [-0.4, -0.2) is 39.5 Å². The highest BCUT2D eigenvalue weighted by atomic mass is 16.5. The number of hydrogen-bond donors (Lipinski definition) is 0. The van der Waals surface area contributed by atoms with Gasteiger partial charge in [0.1, 0.15) is 18.2 Å². The molecule has 2 aromatic rings. The van der Waals surface area contributed by atoms with E-state index in [1.165, 1.54) is 14.2 Å². The molecule has 0 unspecified atom stereocenters. The van der Waals surface area contributed by atoms with E-state index in [0.29, 0.717) is 11.4 Å². The Bertz CT molecular complexity index is 809. The van der Waals surface area contributed by atoms with E-state index in [0.717, 1.165) is 5.56 Å². The zero-order chi connectivity index (χ0) is 17.8. The molecule has 7 heteroatoms. The first-order valence-corrected chi connectivity index (χ1v) is 7.55. The number of esters is 2. The molecule has 0 amide bonds. The van der Waals surface area contributed by atoms with Gasteiger partial charge in [0.15, 0.2) is 0 Å². The van der Waals surface area contributed by atoms with E-state index in [1.54, 1.807) is 17.2 Å². The Morgan fingerprint density at radius 2 is 1.80 bits per heavy atom. The Morgan fingerprint density at radius 3 is 2.48 bits per heavy atom. The zero-order valence-electron chi connectivity index (χ0n) is 13.9. The molecule has 1 aromatic carbocycles. The summed E-state index contributed by atoms with van der Waals surface area (Å²) in [7, 11) is 2.51. The number of carbonyl (C=O) groups is 2. The summed E-state index contributed by atoms with van der Waals surface area (Å²) >= 11 is 0. The smallest absolute Gasteiger partial charge is 0.355 e. The molecule has 0 N–H and O–H groups in total. The predicted octanol–water partition coefficient (Wildman–Crippen LogP) is 2.34. The molecule has 2 heterocycles. The minimum Gasteiger partial charge on any atom is -0.466 e. The van der Waals surface area contributed by atoms with Gasteiger partial charge in [-0.3, -0.25) is 0 Å². The van der Waals surface area contributed by atoms with Crippen LogP contribution in [0.4, 0.5) is 5.69 Å². The molecular weight excluding hydrogens is 326 g/mol. The fourth-order valence-electron chi connectivity index (χ4n) is 2.68. The van der Waals surface area contributed by atoms with Crippen molar-refractivity contribution in [3.05, 3.63) is 53.9 Å². The highest BCUT2D eigenvalue weighted by Gasteiger charge is 2.33. The van der Waals surface area contributed by atoms with Crippen LogP contribution in [0.1, 0.15) is 0 Å². The first kappa shape index (κ1) is 16.8. The van der Waals surface area contributed by atoms with Crippen molar-refractivity contribution in [2.75, 3.05) is 32.5 Å². The van der Waals surface area contributed by atoms with Gasteiger partial charge < -0.3 is 23.5 Å². The molecule has 130 valence electrons. The van der Waals surface area contributed by atoms with Crippen molar-refractivity contribution >= 4 is 17.6 Å². The summed E-state index contributed by atoms with van der Waals surface area (Å²) in [6.45, 7) is 0.0547. The van der Waals surface area contributed by atoms with E-state index in [9.17, 15) is 9.59 Å². The normalized spacial score (nSPS) is 14.4. The number of benzene rings is 1. The molecule has 0 saturated heterocycles. The van der Waals surface area contributed by atoms with E-state index in [2.05, 4.69) is 0 Å². The van der Waals surface area contributed by atoms with Gasteiger partial charge in [-0.05, 0) is 24.3 Å². The zero-order valence-corrected chi connectivity index (χ0v) is 13.9. The predicted molar refractivity (Wildman–Crippen MR) is 88.5 cm³/mol. The second-order valence-electron chi connectivity index (χ2n) is 5.21. The number of methoxy groups -OCH3 is 2. The first-order valence-electron chi connectivity index (χ1n) is 7.55. The third kappa shape index (κ3) is 3.14. The standard InChI is InChI=1S/C18H17NO6/c1-22-17(20)13-10-24-11-19(16(13)18(21)23-2)14-7-4-3-6-12(14)15-8-5-9-25-15/h3-9H,10-11H2,1-2H3. The fourth-order valence-corrected chi connectivity index (χ4v) is 2.68. The van der Waals surface area contributed by atoms with E-state index in [1.807, 2.05) is 30.3 Å². The molecule has 25 heavy (non-hydrogen) atoms. The van der Waals surface area contributed by atoms with Gasteiger partial charge in [0, 0.05) is 5.56 Å². The van der Waals surface area contributed by atoms with E-state index in [4.69, 9.17) is 18.6 Å². The molecule has 0 fully saturated rings. The van der Waals surface area contributed by atoms with Crippen molar-refractivity contribution in [3.63, 3.8) is 0 Å². The van der Waals surface area contributed by atoms with Crippen LogP contribution in [0.2, 0.25) is 0 Å². The number of ether oxygens (including phenoxy) is 3. The molecule has 7 nitrogen and oxygen atoms in total. The van der Waals surface area contributed by atoms with Gasteiger partial charge in [-0.2, -0.15) is 0 Å². The third-order valence-corrected chi connectivity index (χ3v) is 3.81. The quantitative estimate of drug-likeness (QED) is 0.789. The van der Waals surface area contributed by atoms with Crippen molar-refractivity contribution in [2.24, 2.45) is 0 Å². The monoisotopic (exact) mass is 343 g/mol. The van der Waals surface area contributed by atoms with Crippen molar-refractivity contribution in [1.82, 2.24) is 0 Å². The average molecular weight is 343 g/mol. The van der Waals surface area contributed by atoms with Crippen molar-refractivity contribution < 1.29 is 28.2 Å². The lowest BCUT2D eigenvalue weighted by molar-refractivity contribution is -0.140. The lowest BCUT2D eigenvalue weighted by Gasteiger charge is -2.32. The van der Waals surface area contributed by atoms with E-state index in [-0.39, 0.29) is 24.6 Å². The summed E-state index contributed by atoms with van der Waals surface area (Å²) in [5.41, 5.74) is 1.61. The average Bonchev–Trinajstić information content (AvgIpc) is 3.20. The van der Waals surface area contributed by atoms with Gasteiger partial charge in [-0.15, -0.1) is 0 Å². The topological polar surface area (TPSA) is 78.2 Å². The van der Waals surface area contributed by atoms with Gasteiger partial charge in [-0.25, -0.2) is 9.59 Å². The molecule has 0 bridgehead atoms. The molecule has 0 atom stereocenters. The van der Waals surface area contributed by atoms with Crippen molar-refractivity contribution in [1.29, 1.82) is 0 Å². The minimum absolute atomic E-state index is 0.0312. The molecular formula is C18H17NO6. The SMILES string of the molecule is COC(=O)C1=C(C(=O)OC)N(c2ccccc2-c2ccco2)COC1.